The Morgan fingerprint density at radius 2 is 1.14 bits per heavy atom. The first-order valence-corrected chi connectivity index (χ1v) is 15.1. The van der Waals surface area contributed by atoms with Gasteiger partial charge in [0.2, 0.25) is 5.95 Å². The van der Waals surface area contributed by atoms with E-state index in [-0.39, 0.29) is 0 Å². The van der Waals surface area contributed by atoms with Crippen molar-refractivity contribution in [3.8, 4) is 34.0 Å². The molecule has 0 N–H and O–H groups in total. The van der Waals surface area contributed by atoms with Crippen LogP contribution in [0.2, 0.25) is 0 Å². The predicted octanol–water partition coefficient (Wildman–Crippen LogP) is 10.9. The van der Waals surface area contributed by atoms with Crippen molar-refractivity contribution in [1.82, 2.24) is 9.97 Å². The van der Waals surface area contributed by atoms with Crippen LogP contribution >= 0.6 is 11.3 Å². The van der Waals surface area contributed by atoms with E-state index in [2.05, 4.69) is 89.8 Å². The van der Waals surface area contributed by atoms with Gasteiger partial charge in [0, 0.05) is 32.0 Å². The normalized spacial score (nSPS) is 12.3. The number of hydrogen-bond acceptors (Lipinski definition) is 5. The molecule has 43 heavy (non-hydrogen) atoms. The van der Waals surface area contributed by atoms with Crippen LogP contribution in [0.25, 0.3) is 53.5 Å². The van der Waals surface area contributed by atoms with Gasteiger partial charge in [0.05, 0.1) is 21.8 Å². The zero-order chi connectivity index (χ0) is 28.3. The molecular formula is C38H23N3OS. The van der Waals surface area contributed by atoms with E-state index >= 15 is 0 Å². The monoisotopic (exact) mass is 569 g/mol. The van der Waals surface area contributed by atoms with Crippen LogP contribution in [0.15, 0.2) is 140 Å². The molecule has 202 valence electrons. The molecule has 1 aliphatic rings. The van der Waals surface area contributed by atoms with Gasteiger partial charge in [-0.05, 0) is 29.7 Å². The number of fused-ring (bicyclic) bond motifs is 9. The summed E-state index contributed by atoms with van der Waals surface area (Å²) in [5, 5.41) is 4.71. The fraction of sp³-hybridized carbons (Fsp3) is 0. The van der Waals surface area contributed by atoms with Gasteiger partial charge in [-0.15, -0.1) is 11.3 Å². The van der Waals surface area contributed by atoms with Crippen LogP contribution in [0.5, 0.6) is 11.5 Å². The Kier molecular flexibility index (Phi) is 5.33. The molecule has 0 unspecified atom stereocenters. The van der Waals surface area contributed by atoms with E-state index in [1.54, 1.807) is 11.3 Å². The number of para-hydroxylation sites is 2. The van der Waals surface area contributed by atoms with Crippen LogP contribution in [0.4, 0.5) is 17.3 Å². The Balaban J connectivity index is 1.42. The third kappa shape index (κ3) is 3.75. The molecule has 0 aliphatic carbocycles. The van der Waals surface area contributed by atoms with Gasteiger partial charge < -0.3 is 4.74 Å². The summed E-state index contributed by atoms with van der Waals surface area (Å²) in [6.07, 6.45) is 0. The van der Waals surface area contributed by atoms with Gasteiger partial charge in [-0.25, -0.2) is 9.97 Å². The first-order chi connectivity index (χ1) is 21.3. The number of anilines is 3. The summed E-state index contributed by atoms with van der Waals surface area (Å²) in [7, 11) is 0. The van der Waals surface area contributed by atoms with Crippen molar-refractivity contribution < 1.29 is 4.74 Å². The number of benzene rings is 6. The zero-order valence-corrected chi connectivity index (χ0v) is 23.8. The van der Waals surface area contributed by atoms with E-state index in [9.17, 15) is 0 Å². The number of rotatable bonds is 3. The summed E-state index contributed by atoms with van der Waals surface area (Å²) in [6, 6.07) is 48.1. The minimum Gasteiger partial charge on any atom is -0.452 e. The van der Waals surface area contributed by atoms with E-state index in [4.69, 9.17) is 14.7 Å². The Hall–Kier alpha value is -5.52. The van der Waals surface area contributed by atoms with Gasteiger partial charge >= 0.3 is 0 Å². The van der Waals surface area contributed by atoms with Gasteiger partial charge in [0.15, 0.2) is 11.5 Å². The lowest BCUT2D eigenvalue weighted by molar-refractivity contribution is 0.483. The van der Waals surface area contributed by atoms with Crippen molar-refractivity contribution in [2.75, 3.05) is 4.90 Å². The van der Waals surface area contributed by atoms with E-state index in [0.29, 0.717) is 5.95 Å². The lowest BCUT2D eigenvalue weighted by Gasteiger charge is -2.33. The van der Waals surface area contributed by atoms with Crippen molar-refractivity contribution in [2.24, 2.45) is 0 Å². The molecule has 9 rings (SSSR count). The number of ether oxygens (including phenoxy) is 1. The third-order valence-corrected chi connectivity index (χ3v) is 9.24. The van der Waals surface area contributed by atoms with Crippen molar-refractivity contribution in [1.29, 1.82) is 0 Å². The summed E-state index contributed by atoms with van der Waals surface area (Å²) in [6.45, 7) is 0. The van der Waals surface area contributed by atoms with Crippen LogP contribution < -0.4 is 9.64 Å². The molecule has 0 atom stereocenters. The number of aromatic nitrogens is 2. The summed E-state index contributed by atoms with van der Waals surface area (Å²) < 4.78 is 9.17. The molecule has 6 aromatic carbocycles. The maximum atomic E-state index is 6.79. The summed E-state index contributed by atoms with van der Waals surface area (Å²) in [5.41, 5.74) is 5.68. The van der Waals surface area contributed by atoms with Gasteiger partial charge in [-0.3, -0.25) is 4.90 Å². The molecule has 3 heterocycles. The maximum Gasteiger partial charge on any atom is 0.236 e. The summed E-state index contributed by atoms with van der Waals surface area (Å²) >= 11 is 1.79. The fourth-order valence-electron chi connectivity index (χ4n) is 6.13. The smallest absolute Gasteiger partial charge is 0.236 e. The topological polar surface area (TPSA) is 38.2 Å². The van der Waals surface area contributed by atoms with Crippen molar-refractivity contribution in [2.45, 2.75) is 0 Å². The van der Waals surface area contributed by atoms with Gasteiger partial charge in [-0.2, -0.15) is 0 Å². The largest absolute Gasteiger partial charge is 0.452 e. The van der Waals surface area contributed by atoms with E-state index < -0.39 is 0 Å². The average molecular weight is 570 g/mol. The second-order valence-electron chi connectivity index (χ2n) is 10.6. The number of nitrogens with zero attached hydrogens (tertiary/aromatic N) is 3. The van der Waals surface area contributed by atoms with Crippen LogP contribution in [0.3, 0.4) is 0 Å². The maximum absolute atomic E-state index is 6.79. The molecule has 0 saturated heterocycles. The quantitative estimate of drug-likeness (QED) is 0.212. The standard InChI is InChI=1S/C38H23N3OS/c1-3-13-24(14-4-1)29-23-30(25-15-5-2-6-16-25)40-38(39-29)41-31-20-10-11-21-32(31)42-36-27-18-8-7-17-26(27)34-28-19-9-12-22-33(28)43-37(34)35(36)41/h1-23H. The minimum atomic E-state index is 0.603. The van der Waals surface area contributed by atoms with Gasteiger partial charge in [-0.1, -0.05) is 115 Å². The van der Waals surface area contributed by atoms with Crippen molar-refractivity contribution in [3.05, 3.63) is 140 Å². The average Bonchev–Trinajstić information content (AvgIpc) is 3.48. The third-order valence-electron chi connectivity index (χ3n) is 8.06. The molecule has 1 aliphatic heterocycles. The molecule has 0 bridgehead atoms. The van der Waals surface area contributed by atoms with Crippen LogP contribution in [0.1, 0.15) is 0 Å². The number of thiophene rings is 1. The second kappa shape index (κ2) is 9.51. The lowest BCUT2D eigenvalue weighted by Crippen LogP contribution is -2.19. The van der Waals surface area contributed by atoms with Gasteiger partial charge in [0.25, 0.3) is 0 Å². The van der Waals surface area contributed by atoms with Crippen LogP contribution in [0, 0.1) is 0 Å². The zero-order valence-electron chi connectivity index (χ0n) is 22.9. The minimum absolute atomic E-state index is 0.603. The molecular weight excluding hydrogens is 547 g/mol. The predicted molar refractivity (Wildman–Crippen MR) is 178 cm³/mol. The summed E-state index contributed by atoms with van der Waals surface area (Å²) in [5.74, 6) is 2.20. The molecule has 0 amide bonds. The molecule has 4 nitrogen and oxygen atoms in total. The molecule has 0 fully saturated rings. The molecule has 5 heteroatoms. The lowest BCUT2D eigenvalue weighted by atomic mass is 10.00. The van der Waals surface area contributed by atoms with E-state index in [0.717, 1.165) is 55.5 Å². The Morgan fingerprint density at radius 3 is 1.86 bits per heavy atom. The number of hydrogen-bond donors (Lipinski definition) is 0. The highest BCUT2D eigenvalue weighted by Gasteiger charge is 2.33. The molecule has 0 saturated carbocycles. The molecule has 0 radical (unpaired) electrons. The van der Waals surface area contributed by atoms with E-state index in [1.165, 1.54) is 20.9 Å². The first-order valence-electron chi connectivity index (χ1n) is 14.3. The molecule has 0 spiro atoms. The van der Waals surface area contributed by atoms with E-state index in [1.807, 2.05) is 54.6 Å². The van der Waals surface area contributed by atoms with Gasteiger partial charge in [0.1, 0.15) is 5.69 Å². The second-order valence-corrected chi connectivity index (χ2v) is 11.7. The highest BCUT2D eigenvalue weighted by molar-refractivity contribution is 7.26. The van der Waals surface area contributed by atoms with Crippen LogP contribution in [-0.2, 0) is 0 Å². The molecule has 8 aromatic rings. The Labute approximate surface area is 252 Å². The Morgan fingerprint density at radius 1 is 0.558 bits per heavy atom. The Bertz CT molecular complexity index is 2270. The molecule has 2 aromatic heterocycles. The highest BCUT2D eigenvalue weighted by Crippen LogP contribution is 2.58. The summed E-state index contributed by atoms with van der Waals surface area (Å²) in [4.78, 5) is 12.7. The SMILES string of the molecule is c1ccc(-c2cc(-c3ccccc3)nc(N3c4ccccc4Oc4c3c3sc5ccccc5c3c3ccccc43)n2)cc1. The highest BCUT2D eigenvalue weighted by atomic mass is 32.1. The van der Waals surface area contributed by atoms with Crippen LogP contribution in [-0.4, -0.2) is 9.97 Å². The van der Waals surface area contributed by atoms with Crippen molar-refractivity contribution in [3.63, 3.8) is 0 Å². The van der Waals surface area contributed by atoms with Crippen molar-refractivity contribution >= 4 is 59.6 Å². The fourth-order valence-corrected chi connectivity index (χ4v) is 7.38. The first kappa shape index (κ1) is 24.1.